The average Bonchev–Trinajstić information content (AvgIpc) is 3.18. The van der Waals surface area contributed by atoms with E-state index in [1.807, 2.05) is 30.0 Å². The Morgan fingerprint density at radius 1 is 1.00 bits per heavy atom. The van der Waals surface area contributed by atoms with Crippen LogP contribution < -0.4 is 5.32 Å². The van der Waals surface area contributed by atoms with Gasteiger partial charge in [-0.25, -0.2) is 0 Å². The lowest BCUT2D eigenvalue weighted by atomic mass is 9.88. The van der Waals surface area contributed by atoms with Gasteiger partial charge in [-0.1, -0.05) is 24.3 Å². The fraction of sp³-hybridized carbons (Fsp3) is 0.417. The second kappa shape index (κ2) is 7.64. The van der Waals surface area contributed by atoms with Crippen molar-refractivity contribution in [1.82, 2.24) is 9.80 Å². The maximum absolute atomic E-state index is 13.2. The van der Waals surface area contributed by atoms with Crippen molar-refractivity contribution in [3.8, 4) is 0 Å². The van der Waals surface area contributed by atoms with Gasteiger partial charge in [0, 0.05) is 49.8 Å². The Balaban J connectivity index is 1.53. The summed E-state index contributed by atoms with van der Waals surface area (Å²) in [4.78, 5) is 29.0. The summed E-state index contributed by atoms with van der Waals surface area (Å²) in [7, 11) is 2.20. The van der Waals surface area contributed by atoms with E-state index in [-0.39, 0.29) is 11.8 Å². The molecule has 2 aromatic carbocycles. The highest BCUT2D eigenvalue weighted by atomic mass is 16.2. The molecule has 0 unspecified atom stereocenters. The number of nitrogens with one attached hydrogen (secondary N) is 1. The monoisotopic (exact) mass is 391 g/mol. The lowest BCUT2D eigenvalue weighted by Gasteiger charge is -2.28. The SMILES string of the molecule is CC(=O)Nc1ccc(C(=O)N2C[C@@H]3CN(C)[C@H](c4ccccc4C)[C@@H]3C2)c(C)c1. The fourth-order valence-electron chi connectivity index (χ4n) is 5.17. The molecule has 2 saturated heterocycles. The number of carbonyl (C=O) groups is 2. The predicted molar refractivity (Wildman–Crippen MR) is 115 cm³/mol. The Morgan fingerprint density at radius 3 is 2.45 bits per heavy atom. The van der Waals surface area contributed by atoms with Gasteiger partial charge in [0.15, 0.2) is 0 Å². The highest BCUT2D eigenvalue weighted by molar-refractivity contribution is 5.97. The zero-order valence-corrected chi connectivity index (χ0v) is 17.6. The van der Waals surface area contributed by atoms with Gasteiger partial charge in [0.1, 0.15) is 0 Å². The largest absolute Gasteiger partial charge is 0.338 e. The van der Waals surface area contributed by atoms with Crippen molar-refractivity contribution in [3.63, 3.8) is 0 Å². The number of rotatable bonds is 3. The quantitative estimate of drug-likeness (QED) is 0.869. The summed E-state index contributed by atoms with van der Waals surface area (Å²) in [5.41, 5.74) is 5.05. The molecule has 0 radical (unpaired) electrons. The van der Waals surface area contributed by atoms with Crippen LogP contribution in [0.15, 0.2) is 42.5 Å². The van der Waals surface area contributed by atoms with Crippen LogP contribution in [-0.4, -0.2) is 48.3 Å². The summed E-state index contributed by atoms with van der Waals surface area (Å²) in [6, 6.07) is 14.5. The van der Waals surface area contributed by atoms with Gasteiger partial charge < -0.3 is 10.2 Å². The molecule has 5 nitrogen and oxygen atoms in total. The van der Waals surface area contributed by atoms with Crippen LogP contribution in [0.4, 0.5) is 5.69 Å². The standard InChI is InChI=1S/C24H29N3O2/c1-15-7-5-6-8-20(15)23-22-14-27(13-18(22)12-26(23)4)24(29)21-10-9-19(11-16(21)2)25-17(3)28/h5-11,18,22-23H,12-14H2,1-4H3,(H,25,28)/t18-,22+,23+/m0/s1. The molecule has 0 spiro atoms. The first-order chi connectivity index (χ1) is 13.8. The number of nitrogens with zero attached hydrogens (tertiary/aromatic N) is 2. The van der Waals surface area contributed by atoms with Crippen LogP contribution in [0.3, 0.4) is 0 Å². The van der Waals surface area contributed by atoms with Crippen LogP contribution in [0.5, 0.6) is 0 Å². The summed E-state index contributed by atoms with van der Waals surface area (Å²) < 4.78 is 0. The predicted octanol–water partition coefficient (Wildman–Crippen LogP) is 3.64. The van der Waals surface area contributed by atoms with Gasteiger partial charge in [-0.2, -0.15) is 0 Å². The number of hydrogen-bond acceptors (Lipinski definition) is 3. The Labute approximate surface area is 172 Å². The van der Waals surface area contributed by atoms with E-state index in [2.05, 4.69) is 48.5 Å². The van der Waals surface area contributed by atoms with Gasteiger partial charge in [0.05, 0.1) is 0 Å². The molecule has 1 N–H and O–H groups in total. The lowest BCUT2D eigenvalue weighted by molar-refractivity contribution is -0.114. The van der Waals surface area contributed by atoms with Gasteiger partial charge in [-0.15, -0.1) is 0 Å². The Hall–Kier alpha value is -2.66. The first-order valence-corrected chi connectivity index (χ1v) is 10.3. The minimum absolute atomic E-state index is 0.0949. The Morgan fingerprint density at radius 2 is 1.76 bits per heavy atom. The van der Waals surface area contributed by atoms with Crippen LogP contribution >= 0.6 is 0 Å². The topological polar surface area (TPSA) is 52.7 Å². The number of benzene rings is 2. The summed E-state index contributed by atoms with van der Waals surface area (Å²) in [6.07, 6.45) is 0. The van der Waals surface area contributed by atoms with Crippen molar-refractivity contribution >= 4 is 17.5 Å². The number of aryl methyl sites for hydroxylation is 2. The van der Waals surface area contributed by atoms with Gasteiger partial charge in [0.2, 0.25) is 5.91 Å². The Bertz CT molecular complexity index is 955. The first kappa shape index (κ1) is 19.6. The van der Waals surface area contributed by atoms with E-state index < -0.39 is 0 Å². The van der Waals surface area contributed by atoms with Crippen LogP contribution in [0.1, 0.15) is 40.0 Å². The molecule has 2 fully saturated rings. The molecule has 0 aliphatic carbocycles. The Kier molecular flexibility index (Phi) is 5.17. The molecule has 2 amide bonds. The van der Waals surface area contributed by atoms with E-state index >= 15 is 0 Å². The number of hydrogen-bond donors (Lipinski definition) is 1. The van der Waals surface area contributed by atoms with Crippen molar-refractivity contribution in [2.75, 3.05) is 32.0 Å². The molecule has 2 aliphatic heterocycles. The van der Waals surface area contributed by atoms with E-state index in [0.717, 1.165) is 36.4 Å². The van der Waals surface area contributed by atoms with Crippen molar-refractivity contribution < 1.29 is 9.59 Å². The second-order valence-electron chi connectivity index (χ2n) is 8.59. The summed E-state index contributed by atoms with van der Waals surface area (Å²) in [6.45, 7) is 8.21. The number of amides is 2. The van der Waals surface area contributed by atoms with E-state index in [1.54, 1.807) is 0 Å². The van der Waals surface area contributed by atoms with E-state index in [9.17, 15) is 9.59 Å². The normalized spacial score (nSPS) is 23.9. The molecule has 0 aromatic heterocycles. The number of anilines is 1. The molecule has 4 rings (SSSR count). The summed E-state index contributed by atoms with van der Waals surface area (Å²) in [5, 5.41) is 2.78. The maximum Gasteiger partial charge on any atom is 0.254 e. The van der Waals surface area contributed by atoms with Crippen LogP contribution in [0.2, 0.25) is 0 Å². The van der Waals surface area contributed by atoms with Crippen molar-refractivity contribution in [2.24, 2.45) is 11.8 Å². The third-order valence-electron chi connectivity index (χ3n) is 6.47. The molecule has 2 aromatic rings. The second-order valence-corrected chi connectivity index (χ2v) is 8.59. The molecule has 2 heterocycles. The van der Waals surface area contributed by atoms with Crippen molar-refractivity contribution in [1.29, 1.82) is 0 Å². The highest BCUT2D eigenvalue weighted by Crippen LogP contribution is 2.45. The zero-order valence-electron chi connectivity index (χ0n) is 17.6. The third-order valence-corrected chi connectivity index (χ3v) is 6.47. The summed E-state index contributed by atoms with van der Waals surface area (Å²) >= 11 is 0. The van der Waals surface area contributed by atoms with Crippen LogP contribution in [0, 0.1) is 25.7 Å². The minimum atomic E-state index is -0.109. The minimum Gasteiger partial charge on any atom is -0.338 e. The molecular weight excluding hydrogens is 362 g/mol. The lowest BCUT2D eigenvalue weighted by Crippen LogP contribution is -2.34. The number of carbonyl (C=O) groups excluding carboxylic acids is 2. The third kappa shape index (κ3) is 3.67. The van der Waals surface area contributed by atoms with E-state index in [0.29, 0.717) is 17.9 Å². The number of fused-ring (bicyclic) bond motifs is 1. The van der Waals surface area contributed by atoms with E-state index in [1.165, 1.54) is 18.1 Å². The van der Waals surface area contributed by atoms with E-state index in [4.69, 9.17) is 0 Å². The fourth-order valence-corrected chi connectivity index (χ4v) is 5.17. The molecule has 152 valence electrons. The first-order valence-electron chi connectivity index (χ1n) is 10.3. The highest BCUT2D eigenvalue weighted by Gasteiger charge is 2.47. The molecule has 0 bridgehead atoms. The molecule has 5 heteroatoms. The molecular formula is C24H29N3O2. The maximum atomic E-state index is 13.2. The smallest absolute Gasteiger partial charge is 0.254 e. The average molecular weight is 392 g/mol. The molecule has 3 atom stereocenters. The summed E-state index contributed by atoms with van der Waals surface area (Å²) in [5.74, 6) is 0.955. The van der Waals surface area contributed by atoms with Crippen molar-refractivity contribution in [3.05, 3.63) is 64.7 Å². The van der Waals surface area contributed by atoms with Gasteiger partial charge >= 0.3 is 0 Å². The molecule has 2 aliphatic rings. The molecule has 0 saturated carbocycles. The van der Waals surface area contributed by atoms with Gasteiger partial charge in [-0.05, 0) is 61.7 Å². The van der Waals surface area contributed by atoms with Gasteiger partial charge in [0.25, 0.3) is 5.91 Å². The van der Waals surface area contributed by atoms with Gasteiger partial charge in [-0.3, -0.25) is 14.5 Å². The van der Waals surface area contributed by atoms with Crippen LogP contribution in [-0.2, 0) is 4.79 Å². The van der Waals surface area contributed by atoms with Crippen LogP contribution in [0.25, 0.3) is 0 Å². The molecule has 29 heavy (non-hydrogen) atoms. The zero-order chi connectivity index (χ0) is 20.7. The van der Waals surface area contributed by atoms with Crippen molar-refractivity contribution in [2.45, 2.75) is 26.8 Å². The number of likely N-dealkylation sites (tertiary alicyclic amines) is 2.